The Labute approximate surface area is 244 Å². The highest BCUT2D eigenvalue weighted by atomic mass is 16.4. The fraction of sp³-hybridized carbons (Fsp3) is 0.382. The van der Waals surface area contributed by atoms with Crippen molar-refractivity contribution < 1.29 is 39.9 Å². The Morgan fingerprint density at radius 3 is 2.17 bits per heavy atom. The Kier molecular flexibility index (Phi) is 6.67. The van der Waals surface area contributed by atoms with E-state index < -0.39 is 74.7 Å². The minimum absolute atomic E-state index is 0.0273. The van der Waals surface area contributed by atoms with Crippen LogP contribution in [0.2, 0.25) is 0 Å². The Morgan fingerprint density at radius 2 is 1.60 bits per heavy atom. The maximum absolute atomic E-state index is 14.5. The van der Waals surface area contributed by atoms with Gasteiger partial charge in [0.25, 0.3) is 0 Å². The van der Waals surface area contributed by atoms with Crippen molar-refractivity contribution in [2.75, 3.05) is 0 Å². The highest BCUT2D eigenvalue weighted by Gasteiger charge is 2.77. The quantitative estimate of drug-likeness (QED) is 0.256. The van der Waals surface area contributed by atoms with Gasteiger partial charge in [-0.05, 0) is 29.9 Å². The molecule has 0 aliphatic heterocycles. The smallest absolute Gasteiger partial charge is 0.203 e. The lowest BCUT2D eigenvalue weighted by Crippen LogP contribution is -2.75. The number of phenols is 1. The van der Waals surface area contributed by atoms with Crippen molar-refractivity contribution in [3.05, 3.63) is 81.6 Å². The summed E-state index contributed by atoms with van der Waals surface area (Å²) in [5.74, 6) is -7.26. The highest BCUT2D eigenvalue weighted by molar-refractivity contribution is 6.24. The molecule has 0 heterocycles. The van der Waals surface area contributed by atoms with Crippen LogP contribution in [0, 0.1) is 22.7 Å². The molecule has 5 N–H and O–H groups in total. The van der Waals surface area contributed by atoms with Crippen LogP contribution in [0.5, 0.6) is 5.75 Å². The minimum atomic E-state index is -2.91. The molecular formula is C34H36O8. The summed E-state index contributed by atoms with van der Waals surface area (Å²) in [6.45, 7) is 9.10. The first-order valence-electron chi connectivity index (χ1n) is 14.0. The fourth-order valence-corrected chi connectivity index (χ4v) is 7.83. The minimum Gasteiger partial charge on any atom is -0.508 e. The molecule has 2 aromatic carbocycles. The Bertz CT molecular complexity index is 1630. The first-order chi connectivity index (χ1) is 19.6. The van der Waals surface area contributed by atoms with Gasteiger partial charge in [-0.25, -0.2) is 0 Å². The molecule has 2 unspecified atom stereocenters. The molecule has 8 heteroatoms. The zero-order valence-corrected chi connectivity index (χ0v) is 24.5. The Morgan fingerprint density at radius 1 is 0.976 bits per heavy atom. The van der Waals surface area contributed by atoms with Gasteiger partial charge in [0.2, 0.25) is 5.78 Å². The number of allylic oxidation sites excluding steroid dienone is 1. The van der Waals surface area contributed by atoms with E-state index in [1.165, 1.54) is 6.92 Å². The molecule has 0 bridgehead atoms. The largest absolute Gasteiger partial charge is 0.508 e. The number of Topliss-reactive ketones (excluding diaryl/α,β-unsaturated/α-hetero) is 3. The van der Waals surface area contributed by atoms with Crippen LogP contribution in [0.15, 0.2) is 59.4 Å². The van der Waals surface area contributed by atoms with Gasteiger partial charge in [-0.15, -0.1) is 0 Å². The van der Waals surface area contributed by atoms with Gasteiger partial charge in [-0.3, -0.25) is 14.4 Å². The molecule has 1 saturated carbocycles. The summed E-state index contributed by atoms with van der Waals surface area (Å²) < 4.78 is 0. The maximum atomic E-state index is 14.5. The number of benzene rings is 2. The van der Waals surface area contributed by atoms with E-state index in [0.29, 0.717) is 11.1 Å². The lowest BCUT2D eigenvalue weighted by Gasteiger charge is -2.63. The van der Waals surface area contributed by atoms with Gasteiger partial charge in [0.1, 0.15) is 22.8 Å². The lowest BCUT2D eigenvalue weighted by atomic mass is 9.40. The lowest BCUT2D eigenvalue weighted by molar-refractivity contribution is -0.215. The average Bonchev–Trinajstić information content (AvgIpc) is 2.93. The van der Waals surface area contributed by atoms with E-state index in [2.05, 4.69) is 0 Å². The van der Waals surface area contributed by atoms with Gasteiger partial charge in [0, 0.05) is 22.3 Å². The Hall–Kier alpha value is -4.01. The molecule has 0 radical (unpaired) electrons. The number of aliphatic hydroxyl groups excluding tert-OH is 3. The van der Waals surface area contributed by atoms with Gasteiger partial charge >= 0.3 is 0 Å². The molecule has 0 aromatic heterocycles. The molecule has 8 nitrogen and oxygen atoms in total. The first-order valence-corrected chi connectivity index (χ1v) is 14.0. The number of hydrogen-bond donors (Lipinski definition) is 5. The van der Waals surface area contributed by atoms with E-state index in [1.54, 1.807) is 52.0 Å². The summed E-state index contributed by atoms with van der Waals surface area (Å²) in [7, 11) is 0. The van der Waals surface area contributed by atoms with Crippen LogP contribution in [0.3, 0.4) is 0 Å². The normalized spacial score (nSPS) is 32.7. The molecule has 0 spiro atoms. The molecule has 6 atom stereocenters. The predicted molar refractivity (Wildman–Crippen MR) is 157 cm³/mol. The summed E-state index contributed by atoms with van der Waals surface area (Å²) >= 11 is 0. The molecule has 2 aromatic rings. The van der Waals surface area contributed by atoms with Crippen molar-refractivity contribution in [1.29, 1.82) is 0 Å². The number of aromatic hydroxyl groups is 1. The van der Waals surface area contributed by atoms with Crippen molar-refractivity contribution in [3.8, 4) is 5.75 Å². The number of aliphatic hydroxyl groups is 4. The number of fused-ring (bicyclic) bond motifs is 3. The number of ketones is 3. The number of hydrogen-bond acceptors (Lipinski definition) is 8. The topological polar surface area (TPSA) is 152 Å². The average molecular weight is 573 g/mol. The molecular weight excluding hydrogens is 536 g/mol. The van der Waals surface area contributed by atoms with E-state index in [-0.39, 0.29) is 16.9 Å². The molecule has 5 rings (SSSR count). The van der Waals surface area contributed by atoms with Crippen LogP contribution in [-0.2, 0) is 14.4 Å². The number of carbonyl (C=O) groups excluding carboxylic acids is 3. The van der Waals surface area contributed by atoms with Gasteiger partial charge in [-0.2, -0.15) is 0 Å². The number of rotatable bonds is 4. The predicted octanol–water partition coefficient (Wildman–Crippen LogP) is 4.89. The third-order valence-electron chi connectivity index (χ3n) is 10.1. The maximum Gasteiger partial charge on any atom is 0.203 e. The van der Waals surface area contributed by atoms with Crippen LogP contribution in [0.1, 0.15) is 69.7 Å². The van der Waals surface area contributed by atoms with Gasteiger partial charge in [-0.1, -0.05) is 89.2 Å². The van der Waals surface area contributed by atoms with E-state index in [4.69, 9.17) is 0 Å². The zero-order valence-electron chi connectivity index (χ0n) is 24.5. The van der Waals surface area contributed by atoms with Crippen molar-refractivity contribution in [3.63, 3.8) is 0 Å². The zero-order chi connectivity index (χ0) is 31.1. The van der Waals surface area contributed by atoms with Crippen LogP contribution < -0.4 is 0 Å². The summed E-state index contributed by atoms with van der Waals surface area (Å²) in [6.07, 6.45) is 1.79. The molecule has 42 heavy (non-hydrogen) atoms. The summed E-state index contributed by atoms with van der Waals surface area (Å²) in [5, 5.41) is 58.8. The second-order valence-corrected chi connectivity index (χ2v) is 12.5. The van der Waals surface area contributed by atoms with Crippen molar-refractivity contribution >= 4 is 35.3 Å². The van der Waals surface area contributed by atoms with Crippen LogP contribution >= 0.6 is 0 Å². The van der Waals surface area contributed by atoms with E-state index in [0.717, 1.165) is 12.5 Å². The number of phenolic OH excluding ortho intramolecular Hbond substituents is 1. The summed E-state index contributed by atoms with van der Waals surface area (Å²) in [4.78, 5) is 40.7. The summed E-state index contributed by atoms with van der Waals surface area (Å²) in [6, 6.07) is 12.8. The van der Waals surface area contributed by atoms with Gasteiger partial charge < -0.3 is 25.5 Å². The standard InChI is InChI=1S/C34H36O8/c1-16(2)24-27(37)22(18(4)35)29(39)34(42)30(40)25-28(38)23-21(17(3)32(25,5)31(41)33(24,34)6)15-14-20(26(23)36)13-12-19-10-8-7-9-11-19/h7-17,24,31,36,38-39,41-42H,1-6H3/b13-12+/t17-,24?,31-,32+,33+,34?/m1/s1. The SMILES string of the molecule is CC(=O)C1=C(O)C2(O)C(=O)C3=C(O)c4c(ccc(/C=C/c5ccccc5)c4O)[C@@H](C)[C@]3(C)[C@@H](O)[C@]2(C)C(C(C)C)C1=O. The van der Waals surface area contributed by atoms with Crippen molar-refractivity contribution in [1.82, 2.24) is 0 Å². The fourth-order valence-electron chi connectivity index (χ4n) is 7.83. The summed E-state index contributed by atoms with van der Waals surface area (Å²) in [5.41, 5.74) is -5.84. The first kappa shape index (κ1) is 29.5. The second kappa shape index (κ2) is 9.51. The van der Waals surface area contributed by atoms with E-state index in [1.807, 2.05) is 30.3 Å². The van der Waals surface area contributed by atoms with Gasteiger partial charge in [0.15, 0.2) is 17.2 Å². The van der Waals surface area contributed by atoms with E-state index in [9.17, 15) is 39.9 Å². The molecule has 0 amide bonds. The molecule has 3 aliphatic carbocycles. The Balaban J connectivity index is 1.80. The highest BCUT2D eigenvalue weighted by Crippen LogP contribution is 2.67. The van der Waals surface area contributed by atoms with Crippen LogP contribution in [0.4, 0.5) is 0 Å². The third kappa shape index (κ3) is 3.45. The molecule has 0 saturated heterocycles. The van der Waals surface area contributed by atoms with E-state index >= 15 is 0 Å². The third-order valence-corrected chi connectivity index (χ3v) is 10.1. The molecule has 220 valence electrons. The van der Waals surface area contributed by atoms with Crippen molar-refractivity contribution in [2.24, 2.45) is 22.7 Å². The second-order valence-electron chi connectivity index (χ2n) is 12.5. The monoisotopic (exact) mass is 572 g/mol. The van der Waals surface area contributed by atoms with Gasteiger partial charge in [0.05, 0.1) is 17.2 Å². The van der Waals surface area contributed by atoms with Crippen LogP contribution in [0.25, 0.3) is 17.9 Å². The van der Waals surface area contributed by atoms with Crippen LogP contribution in [-0.4, -0.2) is 54.6 Å². The molecule has 1 fully saturated rings. The van der Waals surface area contributed by atoms with Crippen molar-refractivity contribution in [2.45, 2.75) is 59.2 Å². The molecule has 3 aliphatic rings. The number of carbonyl (C=O) groups is 3.